The van der Waals surface area contributed by atoms with Gasteiger partial charge in [-0.1, -0.05) is 49.6 Å². The van der Waals surface area contributed by atoms with Gasteiger partial charge in [0.2, 0.25) is 5.91 Å². The fourth-order valence-corrected chi connectivity index (χ4v) is 3.90. The molecule has 0 saturated heterocycles. The van der Waals surface area contributed by atoms with Crippen molar-refractivity contribution in [2.45, 2.75) is 43.4 Å². The molecule has 1 aliphatic carbocycles. The maximum atomic E-state index is 12.6. The summed E-state index contributed by atoms with van der Waals surface area (Å²) in [5.74, 6) is 0.640. The number of benzene rings is 1. The van der Waals surface area contributed by atoms with Crippen molar-refractivity contribution >= 4 is 30.1 Å². The van der Waals surface area contributed by atoms with Crippen LogP contribution in [0.2, 0.25) is 0 Å². The zero-order valence-electron chi connectivity index (χ0n) is 13.2. The lowest BCUT2D eigenvalue weighted by molar-refractivity contribution is -0.121. The van der Waals surface area contributed by atoms with E-state index in [-0.39, 0.29) is 29.6 Å². The Bertz CT molecular complexity index is 438. The van der Waals surface area contributed by atoms with Crippen molar-refractivity contribution in [1.82, 2.24) is 5.32 Å². The summed E-state index contributed by atoms with van der Waals surface area (Å²) >= 11 is 1.58. The second kappa shape index (κ2) is 10.1. The Balaban J connectivity index is 0.00000242. The van der Waals surface area contributed by atoms with E-state index in [1.807, 2.05) is 36.6 Å². The zero-order valence-corrected chi connectivity index (χ0v) is 14.8. The second-order valence-corrected chi connectivity index (χ2v) is 6.72. The van der Waals surface area contributed by atoms with Gasteiger partial charge in [0.25, 0.3) is 0 Å². The molecule has 1 fully saturated rings. The molecule has 22 heavy (non-hydrogen) atoms. The summed E-state index contributed by atoms with van der Waals surface area (Å²) in [6.07, 6.45) is 8.21. The number of hydrogen-bond acceptors (Lipinski definition) is 3. The Morgan fingerprint density at radius 1 is 1.27 bits per heavy atom. The summed E-state index contributed by atoms with van der Waals surface area (Å²) < 4.78 is 0. The Labute approximate surface area is 144 Å². The molecule has 0 bridgehead atoms. The third-order valence-electron chi connectivity index (χ3n) is 4.38. The molecule has 1 aliphatic rings. The van der Waals surface area contributed by atoms with E-state index in [4.69, 9.17) is 5.73 Å². The molecule has 3 N–H and O–H groups in total. The number of nitrogens with two attached hydrogens (primary N) is 1. The highest BCUT2D eigenvalue weighted by atomic mass is 35.5. The summed E-state index contributed by atoms with van der Waals surface area (Å²) in [4.78, 5) is 12.6. The maximum Gasteiger partial charge on any atom is 0.237 e. The Morgan fingerprint density at radius 3 is 2.45 bits per heavy atom. The smallest absolute Gasteiger partial charge is 0.237 e. The molecule has 124 valence electrons. The highest BCUT2D eigenvalue weighted by Crippen LogP contribution is 2.29. The van der Waals surface area contributed by atoms with Crippen molar-refractivity contribution in [3.05, 3.63) is 35.9 Å². The maximum absolute atomic E-state index is 12.6. The summed E-state index contributed by atoms with van der Waals surface area (Å²) in [5.41, 5.74) is 6.97. The monoisotopic (exact) mass is 342 g/mol. The lowest BCUT2D eigenvalue weighted by Crippen LogP contribution is -2.47. The van der Waals surface area contributed by atoms with Gasteiger partial charge in [-0.2, -0.15) is 0 Å². The molecule has 2 unspecified atom stereocenters. The first-order valence-electron chi connectivity index (χ1n) is 7.84. The largest absolute Gasteiger partial charge is 0.351 e. The molecule has 1 saturated carbocycles. The van der Waals surface area contributed by atoms with E-state index in [1.54, 1.807) is 11.8 Å². The van der Waals surface area contributed by atoms with Crippen LogP contribution in [0.25, 0.3) is 0 Å². The Morgan fingerprint density at radius 2 is 1.91 bits per heavy atom. The fraction of sp³-hybridized carbons (Fsp3) is 0.588. The number of thioether (sulfide) groups is 1. The zero-order chi connectivity index (χ0) is 15.1. The molecule has 3 nitrogen and oxygen atoms in total. The third kappa shape index (κ3) is 5.18. The standard InChI is InChI=1S/C17H26N2OS.ClH/c1-21-16(14-10-6-3-7-11-14)17(20)19-15(12-18)13-8-4-2-5-9-13;/h3,6-7,10-11,13,15-16H,2,4-5,8-9,12,18H2,1H3,(H,19,20);1H. The molecule has 0 heterocycles. The van der Waals surface area contributed by atoms with Crippen molar-refractivity contribution in [2.75, 3.05) is 12.8 Å². The van der Waals surface area contributed by atoms with Crippen molar-refractivity contribution in [2.24, 2.45) is 11.7 Å². The van der Waals surface area contributed by atoms with E-state index in [1.165, 1.54) is 32.1 Å². The van der Waals surface area contributed by atoms with Crippen LogP contribution in [0.1, 0.15) is 42.9 Å². The topological polar surface area (TPSA) is 55.1 Å². The third-order valence-corrected chi connectivity index (χ3v) is 5.33. The van der Waals surface area contributed by atoms with Gasteiger partial charge in [-0.3, -0.25) is 4.79 Å². The van der Waals surface area contributed by atoms with Gasteiger partial charge < -0.3 is 11.1 Å². The van der Waals surface area contributed by atoms with E-state index < -0.39 is 0 Å². The lowest BCUT2D eigenvalue weighted by atomic mass is 9.84. The van der Waals surface area contributed by atoms with Crippen LogP contribution in [0.15, 0.2) is 30.3 Å². The Kier molecular flexibility index (Phi) is 8.91. The number of amides is 1. The predicted octanol–water partition coefficient (Wildman–Crippen LogP) is 3.54. The minimum Gasteiger partial charge on any atom is -0.351 e. The van der Waals surface area contributed by atoms with E-state index in [0.717, 1.165) is 5.56 Å². The van der Waals surface area contributed by atoms with Gasteiger partial charge in [-0.05, 0) is 30.6 Å². The second-order valence-electron chi connectivity index (χ2n) is 5.78. The van der Waals surface area contributed by atoms with Crippen LogP contribution in [-0.2, 0) is 4.79 Å². The predicted molar refractivity (Wildman–Crippen MR) is 97.5 cm³/mol. The lowest BCUT2D eigenvalue weighted by Gasteiger charge is -2.31. The van der Waals surface area contributed by atoms with Crippen LogP contribution < -0.4 is 11.1 Å². The summed E-state index contributed by atoms with van der Waals surface area (Å²) in [5, 5.41) is 3.05. The van der Waals surface area contributed by atoms with Crippen molar-refractivity contribution in [3.63, 3.8) is 0 Å². The SMILES string of the molecule is CSC(C(=O)NC(CN)C1CCCCC1)c1ccccc1.Cl. The number of hydrogen-bond donors (Lipinski definition) is 2. The average Bonchev–Trinajstić information content (AvgIpc) is 2.55. The van der Waals surface area contributed by atoms with Gasteiger partial charge in [0.05, 0.1) is 0 Å². The van der Waals surface area contributed by atoms with Gasteiger partial charge in [0.1, 0.15) is 5.25 Å². The molecule has 0 aromatic heterocycles. The van der Waals surface area contributed by atoms with Gasteiger partial charge in [0, 0.05) is 12.6 Å². The first kappa shape index (κ1) is 19.3. The normalized spacial score (nSPS) is 18.1. The summed E-state index contributed by atoms with van der Waals surface area (Å²) in [6.45, 7) is 0.534. The van der Waals surface area contributed by atoms with Crippen LogP contribution in [0.4, 0.5) is 0 Å². The molecule has 0 aliphatic heterocycles. The molecule has 0 spiro atoms. The van der Waals surface area contributed by atoms with Crippen LogP contribution >= 0.6 is 24.2 Å². The summed E-state index contributed by atoms with van der Waals surface area (Å²) in [7, 11) is 0. The fourth-order valence-electron chi connectivity index (χ4n) is 3.19. The van der Waals surface area contributed by atoms with E-state index >= 15 is 0 Å². The minimum absolute atomic E-state index is 0. The number of nitrogens with one attached hydrogen (secondary N) is 1. The van der Waals surface area contributed by atoms with Crippen LogP contribution in [0.3, 0.4) is 0 Å². The van der Waals surface area contributed by atoms with E-state index in [0.29, 0.717) is 12.5 Å². The van der Waals surface area contributed by atoms with Gasteiger partial charge in [0.15, 0.2) is 0 Å². The molecular weight excluding hydrogens is 316 g/mol. The molecule has 2 rings (SSSR count). The van der Waals surface area contributed by atoms with Gasteiger partial charge in [-0.15, -0.1) is 24.2 Å². The highest BCUT2D eigenvalue weighted by Gasteiger charge is 2.27. The average molecular weight is 343 g/mol. The van der Waals surface area contributed by atoms with Crippen LogP contribution in [-0.4, -0.2) is 24.7 Å². The summed E-state index contributed by atoms with van der Waals surface area (Å²) in [6, 6.07) is 10.1. The van der Waals surface area contributed by atoms with E-state index in [2.05, 4.69) is 5.32 Å². The minimum atomic E-state index is -0.149. The first-order chi connectivity index (χ1) is 10.3. The number of halogens is 1. The van der Waals surface area contributed by atoms with Gasteiger partial charge in [-0.25, -0.2) is 0 Å². The van der Waals surface area contributed by atoms with Crippen molar-refractivity contribution in [1.29, 1.82) is 0 Å². The van der Waals surface area contributed by atoms with Crippen molar-refractivity contribution < 1.29 is 4.79 Å². The van der Waals surface area contributed by atoms with Crippen LogP contribution in [0.5, 0.6) is 0 Å². The number of rotatable bonds is 6. The molecule has 2 atom stereocenters. The number of carbonyl (C=O) groups excluding carboxylic acids is 1. The van der Waals surface area contributed by atoms with Gasteiger partial charge >= 0.3 is 0 Å². The van der Waals surface area contributed by atoms with Crippen LogP contribution in [0, 0.1) is 5.92 Å². The first-order valence-corrected chi connectivity index (χ1v) is 9.13. The molecule has 0 radical (unpaired) electrons. The highest BCUT2D eigenvalue weighted by molar-refractivity contribution is 7.99. The van der Waals surface area contributed by atoms with E-state index in [9.17, 15) is 4.79 Å². The Hall–Kier alpha value is -0.710. The molecule has 1 amide bonds. The molecule has 1 aromatic carbocycles. The number of carbonyl (C=O) groups is 1. The molecular formula is C17H27ClN2OS. The quantitative estimate of drug-likeness (QED) is 0.831. The molecule has 5 heteroatoms. The van der Waals surface area contributed by atoms with Crippen molar-refractivity contribution in [3.8, 4) is 0 Å². The molecule has 1 aromatic rings.